The van der Waals surface area contributed by atoms with E-state index in [0.717, 1.165) is 5.56 Å². The Bertz CT molecular complexity index is 1320. The number of amides is 1. The number of carbonyl (C=O) groups excluding carboxylic acids is 1. The molecule has 0 aliphatic carbocycles. The van der Waals surface area contributed by atoms with E-state index in [4.69, 9.17) is 44.3 Å². The molecule has 0 heterocycles. The van der Waals surface area contributed by atoms with Crippen LogP contribution >= 0.6 is 50.7 Å². The van der Waals surface area contributed by atoms with Crippen LogP contribution in [-0.2, 0) is 4.79 Å². The Kier molecular flexibility index (Phi) is 8.87. The highest BCUT2D eigenvalue weighted by Gasteiger charge is 2.15. The van der Waals surface area contributed by atoms with Gasteiger partial charge in [-0.3, -0.25) is 4.79 Å². The lowest BCUT2D eigenvalue weighted by Gasteiger charge is -2.14. The number of anilines is 1. The number of rotatable bonds is 7. The number of ether oxygens (including phenoxy) is 2. The number of carbonyl (C=O) groups is 1. The van der Waals surface area contributed by atoms with Gasteiger partial charge in [-0.05, 0) is 76.5 Å². The van der Waals surface area contributed by atoms with Gasteiger partial charge in [-0.2, -0.15) is 5.26 Å². The van der Waals surface area contributed by atoms with Crippen molar-refractivity contribution in [1.29, 1.82) is 5.26 Å². The Morgan fingerprint density at radius 1 is 1.12 bits per heavy atom. The maximum Gasteiger partial charge on any atom is 0.262 e. The molecule has 0 saturated heterocycles. The molecule has 0 bridgehead atoms. The summed E-state index contributed by atoms with van der Waals surface area (Å²) in [5.41, 5.74) is 3.05. The van der Waals surface area contributed by atoms with E-state index in [-0.39, 0.29) is 12.5 Å². The largest absolute Gasteiger partial charge is 0.493 e. The van der Waals surface area contributed by atoms with Gasteiger partial charge in [-0.25, -0.2) is 0 Å². The van der Waals surface area contributed by atoms with Crippen LogP contribution in [-0.4, -0.2) is 19.6 Å². The SMILES string of the molecule is COc1cc(/C=C(\C#N)c2ccc(Cl)cc2Cl)cc(Br)c1OCC(=O)Nc1ccc(C)c(Cl)c1. The molecule has 0 atom stereocenters. The second-order valence-corrected chi connectivity index (χ2v) is 9.23. The molecule has 5 nitrogen and oxygen atoms in total. The Morgan fingerprint density at radius 3 is 2.53 bits per heavy atom. The summed E-state index contributed by atoms with van der Waals surface area (Å²) in [5.74, 6) is 0.369. The number of nitrogens with zero attached hydrogens (tertiary/aromatic N) is 1. The molecule has 0 saturated carbocycles. The van der Waals surface area contributed by atoms with Crippen LogP contribution < -0.4 is 14.8 Å². The maximum atomic E-state index is 12.4. The molecule has 0 fully saturated rings. The Balaban J connectivity index is 1.80. The molecule has 3 aromatic carbocycles. The smallest absolute Gasteiger partial charge is 0.262 e. The molecule has 0 radical (unpaired) electrons. The van der Waals surface area contributed by atoms with Gasteiger partial charge in [0.25, 0.3) is 5.91 Å². The van der Waals surface area contributed by atoms with E-state index in [2.05, 4.69) is 27.3 Å². The molecular weight excluding hydrogens is 563 g/mol. The number of methoxy groups -OCH3 is 1. The summed E-state index contributed by atoms with van der Waals surface area (Å²) in [6.45, 7) is 1.63. The lowest BCUT2D eigenvalue weighted by atomic mass is 10.0. The molecule has 3 aromatic rings. The Labute approximate surface area is 221 Å². The van der Waals surface area contributed by atoms with Crippen molar-refractivity contribution in [3.8, 4) is 17.6 Å². The first-order valence-corrected chi connectivity index (χ1v) is 11.8. The predicted molar refractivity (Wildman–Crippen MR) is 141 cm³/mol. The van der Waals surface area contributed by atoms with Gasteiger partial charge in [0, 0.05) is 21.3 Å². The summed E-state index contributed by atoms with van der Waals surface area (Å²) in [6, 6.07) is 15.8. The van der Waals surface area contributed by atoms with Crippen LogP contribution in [0.15, 0.2) is 53.0 Å². The van der Waals surface area contributed by atoms with Gasteiger partial charge >= 0.3 is 0 Å². The minimum Gasteiger partial charge on any atom is -0.493 e. The molecule has 0 aliphatic heterocycles. The molecule has 9 heteroatoms. The van der Waals surface area contributed by atoms with Crippen molar-refractivity contribution >= 4 is 74.0 Å². The number of benzene rings is 3. The lowest BCUT2D eigenvalue weighted by Crippen LogP contribution is -2.20. The number of nitrogens with one attached hydrogen (secondary N) is 1. The fourth-order valence-electron chi connectivity index (χ4n) is 3.01. The molecule has 0 unspecified atom stereocenters. The van der Waals surface area contributed by atoms with E-state index in [1.807, 2.05) is 13.0 Å². The number of nitriles is 1. The van der Waals surface area contributed by atoms with Gasteiger partial charge in [0.15, 0.2) is 18.1 Å². The molecule has 174 valence electrons. The third-order valence-corrected chi connectivity index (χ3v) is 6.25. The van der Waals surface area contributed by atoms with Crippen LogP contribution in [0.1, 0.15) is 16.7 Å². The molecule has 3 rings (SSSR count). The minimum atomic E-state index is -0.359. The highest BCUT2D eigenvalue weighted by molar-refractivity contribution is 9.10. The Morgan fingerprint density at radius 2 is 1.88 bits per heavy atom. The first kappa shape index (κ1) is 25.9. The van der Waals surface area contributed by atoms with Crippen molar-refractivity contribution in [2.45, 2.75) is 6.92 Å². The third kappa shape index (κ3) is 6.46. The first-order valence-electron chi connectivity index (χ1n) is 9.85. The van der Waals surface area contributed by atoms with Crippen molar-refractivity contribution in [3.63, 3.8) is 0 Å². The molecular formula is C25H18BrCl3N2O3. The molecule has 1 amide bonds. The molecule has 1 N–H and O–H groups in total. The van der Waals surface area contributed by atoms with Gasteiger partial charge in [0.1, 0.15) is 0 Å². The van der Waals surface area contributed by atoms with E-state index < -0.39 is 0 Å². The van der Waals surface area contributed by atoms with Gasteiger partial charge in [-0.15, -0.1) is 0 Å². The van der Waals surface area contributed by atoms with E-state index in [0.29, 0.717) is 53.4 Å². The number of allylic oxidation sites excluding steroid dienone is 1. The van der Waals surface area contributed by atoms with E-state index >= 15 is 0 Å². The average molecular weight is 581 g/mol. The third-order valence-electron chi connectivity index (χ3n) is 4.71. The molecule has 0 aromatic heterocycles. The monoisotopic (exact) mass is 578 g/mol. The highest BCUT2D eigenvalue weighted by Crippen LogP contribution is 2.38. The first-order chi connectivity index (χ1) is 16.2. The zero-order valence-corrected chi connectivity index (χ0v) is 21.9. The summed E-state index contributed by atoms with van der Waals surface area (Å²) in [4.78, 5) is 12.4. The lowest BCUT2D eigenvalue weighted by molar-refractivity contribution is -0.118. The highest BCUT2D eigenvalue weighted by atomic mass is 79.9. The van der Waals surface area contributed by atoms with Gasteiger partial charge < -0.3 is 14.8 Å². The van der Waals surface area contributed by atoms with Crippen LogP contribution in [0.4, 0.5) is 5.69 Å². The van der Waals surface area contributed by atoms with Crippen molar-refractivity contribution in [2.75, 3.05) is 19.0 Å². The van der Waals surface area contributed by atoms with Gasteiger partial charge in [-0.1, -0.05) is 46.9 Å². The maximum absolute atomic E-state index is 12.4. The zero-order valence-electron chi connectivity index (χ0n) is 18.1. The number of halogens is 4. The van der Waals surface area contributed by atoms with E-state index in [1.165, 1.54) is 7.11 Å². The van der Waals surface area contributed by atoms with E-state index in [9.17, 15) is 10.1 Å². The van der Waals surface area contributed by atoms with Crippen molar-refractivity contribution in [3.05, 3.63) is 84.8 Å². The summed E-state index contributed by atoms with van der Waals surface area (Å²) < 4.78 is 11.7. The quantitative estimate of drug-likeness (QED) is 0.229. The summed E-state index contributed by atoms with van der Waals surface area (Å²) in [5, 5.41) is 13.8. The van der Waals surface area contributed by atoms with Crippen molar-refractivity contribution < 1.29 is 14.3 Å². The number of hydrogen-bond acceptors (Lipinski definition) is 4. The zero-order chi connectivity index (χ0) is 24.8. The van der Waals surface area contributed by atoms with Gasteiger partial charge in [0.2, 0.25) is 0 Å². The number of aryl methyl sites for hydroxylation is 1. The van der Waals surface area contributed by atoms with Crippen LogP contribution in [0, 0.1) is 18.3 Å². The van der Waals surface area contributed by atoms with Crippen LogP contribution in [0.3, 0.4) is 0 Å². The second-order valence-electron chi connectivity index (χ2n) is 7.13. The summed E-state index contributed by atoms with van der Waals surface area (Å²) >= 11 is 21.8. The van der Waals surface area contributed by atoms with Crippen molar-refractivity contribution in [2.24, 2.45) is 0 Å². The molecule has 0 spiro atoms. The summed E-state index contributed by atoms with van der Waals surface area (Å²) in [7, 11) is 1.48. The summed E-state index contributed by atoms with van der Waals surface area (Å²) in [6.07, 6.45) is 1.67. The van der Waals surface area contributed by atoms with E-state index in [1.54, 1.807) is 48.5 Å². The normalized spacial score (nSPS) is 11.0. The average Bonchev–Trinajstić information content (AvgIpc) is 2.79. The molecule has 0 aliphatic rings. The van der Waals surface area contributed by atoms with Crippen LogP contribution in [0.2, 0.25) is 15.1 Å². The van der Waals surface area contributed by atoms with Crippen molar-refractivity contribution in [1.82, 2.24) is 0 Å². The standard InChI is InChI=1S/C25H18BrCl3N2O3/c1-14-3-5-18(11-21(14)28)31-24(32)13-34-25-20(26)8-15(9-23(25)33-2)7-16(12-30)19-6-4-17(27)10-22(19)29/h3-11H,13H2,1-2H3,(H,31,32)/b16-7+. The molecule has 34 heavy (non-hydrogen) atoms. The van der Waals surface area contributed by atoms with Gasteiger partial charge in [0.05, 0.1) is 28.2 Å². The fraction of sp³-hybridized carbons (Fsp3) is 0.120. The fourth-order valence-corrected chi connectivity index (χ4v) is 4.28. The Hall–Kier alpha value is -2.69. The topological polar surface area (TPSA) is 71.3 Å². The minimum absolute atomic E-state index is 0.251. The van der Waals surface area contributed by atoms with Crippen LogP contribution in [0.25, 0.3) is 11.6 Å². The van der Waals surface area contributed by atoms with Crippen LogP contribution in [0.5, 0.6) is 11.5 Å². The second kappa shape index (κ2) is 11.6. The predicted octanol–water partition coefficient (Wildman–Crippen LogP) is 7.81. The number of hydrogen-bond donors (Lipinski definition) is 1.